The van der Waals surface area contributed by atoms with E-state index in [0.717, 1.165) is 31.6 Å². The van der Waals surface area contributed by atoms with Gasteiger partial charge in [0.15, 0.2) is 0 Å². The number of carbonyl (C=O) groups is 2. The monoisotopic (exact) mass is 331 g/mol. The molecular weight excluding hydrogens is 306 g/mol. The zero-order chi connectivity index (χ0) is 16.9. The van der Waals surface area contributed by atoms with Gasteiger partial charge in [-0.15, -0.1) is 0 Å². The van der Waals surface area contributed by atoms with Gasteiger partial charge in [0, 0.05) is 19.0 Å². The van der Waals surface area contributed by atoms with Gasteiger partial charge in [0.25, 0.3) is 0 Å². The standard InChI is InChI=1S/C18H25N3O3/c1-2-24-16-6-4-3-5-15(16)21-12-13(11-17(21)22)18(23)20-14-7-9-19-10-8-14/h3-6,13-14,19H,2,7-12H2,1H3,(H,20,23). The van der Waals surface area contributed by atoms with E-state index < -0.39 is 0 Å². The van der Waals surface area contributed by atoms with Crippen molar-refractivity contribution in [2.45, 2.75) is 32.2 Å². The number of ether oxygens (including phenoxy) is 1. The van der Waals surface area contributed by atoms with Crippen LogP contribution in [0.4, 0.5) is 5.69 Å². The summed E-state index contributed by atoms with van der Waals surface area (Å²) in [5.41, 5.74) is 0.751. The maximum absolute atomic E-state index is 12.5. The average Bonchev–Trinajstić information content (AvgIpc) is 2.98. The van der Waals surface area contributed by atoms with Crippen molar-refractivity contribution in [2.75, 3.05) is 31.1 Å². The fourth-order valence-corrected chi connectivity index (χ4v) is 3.36. The van der Waals surface area contributed by atoms with E-state index in [1.165, 1.54) is 0 Å². The van der Waals surface area contributed by atoms with Crippen LogP contribution < -0.4 is 20.3 Å². The van der Waals surface area contributed by atoms with Crippen LogP contribution in [0.25, 0.3) is 0 Å². The Morgan fingerprint density at radius 2 is 2.08 bits per heavy atom. The van der Waals surface area contributed by atoms with E-state index >= 15 is 0 Å². The Kier molecular flexibility index (Phi) is 5.35. The Morgan fingerprint density at radius 3 is 2.83 bits per heavy atom. The van der Waals surface area contributed by atoms with E-state index in [2.05, 4.69) is 10.6 Å². The lowest BCUT2D eigenvalue weighted by atomic mass is 10.0. The summed E-state index contributed by atoms with van der Waals surface area (Å²) in [6.45, 7) is 4.74. The van der Waals surface area contributed by atoms with Gasteiger partial charge in [-0.25, -0.2) is 0 Å². The first-order valence-corrected chi connectivity index (χ1v) is 8.72. The second kappa shape index (κ2) is 7.66. The van der Waals surface area contributed by atoms with Gasteiger partial charge in [-0.3, -0.25) is 9.59 Å². The molecule has 0 aromatic heterocycles. The summed E-state index contributed by atoms with van der Waals surface area (Å²) in [4.78, 5) is 26.6. The molecule has 2 aliphatic rings. The maximum atomic E-state index is 12.5. The number of hydrogen-bond acceptors (Lipinski definition) is 4. The van der Waals surface area contributed by atoms with E-state index in [9.17, 15) is 9.59 Å². The minimum Gasteiger partial charge on any atom is -0.492 e. The van der Waals surface area contributed by atoms with Crippen molar-refractivity contribution in [3.63, 3.8) is 0 Å². The first kappa shape index (κ1) is 16.8. The van der Waals surface area contributed by atoms with E-state index in [0.29, 0.717) is 18.9 Å². The van der Waals surface area contributed by atoms with E-state index in [4.69, 9.17) is 4.74 Å². The van der Waals surface area contributed by atoms with Gasteiger partial charge in [-0.2, -0.15) is 0 Å². The summed E-state index contributed by atoms with van der Waals surface area (Å²) >= 11 is 0. The van der Waals surface area contributed by atoms with Crippen molar-refractivity contribution >= 4 is 17.5 Å². The predicted molar refractivity (Wildman–Crippen MR) is 92.1 cm³/mol. The van der Waals surface area contributed by atoms with Crippen LogP contribution in [0, 0.1) is 5.92 Å². The summed E-state index contributed by atoms with van der Waals surface area (Å²) in [6.07, 6.45) is 2.16. The number of hydrogen-bond donors (Lipinski definition) is 2. The van der Waals surface area contributed by atoms with Gasteiger partial charge >= 0.3 is 0 Å². The van der Waals surface area contributed by atoms with Crippen LogP contribution in [0.2, 0.25) is 0 Å². The molecule has 2 N–H and O–H groups in total. The lowest BCUT2D eigenvalue weighted by Crippen LogP contribution is -2.45. The lowest BCUT2D eigenvalue weighted by Gasteiger charge is -2.25. The van der Waals surface area contributed by atoms with Crippen LogP contribution in [-0.4, -0.2) is 44.1 Å². The van der Waals surface area contributed by atoms with Crippen LogP contribution in [-0.2, 0) is 9.59 Å². The molecule has 0 aliphatic carbocycles. The molecule has 2 saturated heterocycles. The van der Waals surface area contributed by atoms with Crippen molar-refractivity contribution in [1.82, 2.24) is 10.6 Å². The predicted octanol–water partition coefficient (Wildman–Crippen LogP) is 1.31. The summed E-state index contributed by atoms with van der Waals surface area (Å²) in [6, 6.07) is 7.72. The minimum atomic E-state index is -0.290. The topological polar surface area (TPSA) is 70.7 Å². The third-order valence-electron chi connectivity index (χ3n) is 4.64. The molecule has 3 rings (SSSR count). The highest BCUT2D eigenvalue weighted by Gasteiger charge is 2.36. The van der Waals surface area contributed by atoms with Crippen LogP contribution >= 0.6 is 0 Å². The first-order chi connectivity index (χ1) is 11.7. The smallest absolute Gasteiger partial charge is 0.227 e. The minimum absolute atomic E-state index is 0.00774. The molecule has 1 atom stereocenters. The molecule has 0 saturated carbocycles. The highest BCUT2D eigenvalue weighted by molar-refractivity contribution is 6.01. The average molecular weight is 331 g/mol. The van der Waals surface area contributed by atoms with Crippen LogP contribution in [0.1, 0.15) is 26.2 Å². The quantitative estimate of drug-likeness (QED) is 0.853. The van der Waals surface area contributed by atoms with Gasteiger partial charge in [0.05, 0.1) is 18.2 Å². The van der Waals surface area contributed by atoms with E-state index in [1.54, 1.807) is 4.90 Å². The number of piperidine rings is 1. The zero-order valence-corrected chi connectivity index (χ0v) is 14.1. The Hall–Kier alpha value is -2.08. The number of anilines is 1. The molecule has 2 fully saturated rings. The highest BCUT2D eigenvalue weighted by atomic mass is 16.5. The molecule has 0 bridgehead atoms. The normalized spacial score (nSPS) is 21.8. The van der Waals surface area contributed by atoms with E-state index in [1.807, 2.05) is 31.2 Å². The van der Waals surface area contributed by atoms with Crippen molar-refractivity contribution in [3.05, 3.63) is 24.3 Å². The zero-order valence-electron chi connectivity index (χ0n) is 14.1. The molecule has 2 aliphatic heterocycles. The van der Waals surface area contributed by atoms with Gasteiger partial charge in [0.1, 0.15) is 5.75 Å². The number of nitrogens with zero attached hydrogens (tertiary/aromatic N) is 1. The molecule has 1 unspecified atom stereocenters. The van der Waals surface area contributed by atoms with Gasteiger partial charge in [0.2, 0.25) is 11.8 Å². The number of amides is 2. The molecule has 2 amide bonds. The molecule has 6 nitrogen and oxygen atoms in total. The molecule has 24 heavy (non-hydrogen) atoms. The molecule has 1 aromatic carbocycles. The maximum Gasteiger partial charge on any atom is 0.227 e. The number of para-hydroxylation sites is 2. The molecule has 2 heterocycles. The molecule has 6 heteroatoms. The molecular formula is C18H25N3O3. The Balaban J connectivity index is 1.66. The van der Waals surface area contributed by atoms with E-state index in [-0.39, 0.29) is 30.2 Å². The largest absolute Gasteiger partial charge is 0.492 e. The molecule has 130 valence electrons. The number of rotatable bonds is 5. The van der Waals surface area contributed by atoms with Crippen molar-refractivity contribution < 1.29 is 14.3 Å². The van der Waals surface area contributed by atoms with Crippen molar-refractivity contribution in [2.24, 2.45) is 5.92 Å². The van der Waals surface area contributed by atoms with Crippen LogP contribution in [0.3, 0.4) is 0 Å². The van der Waals surface area contributed by atoms with Gasteiger partial charge in [-0.05, 0) is 45.0 Å². The van der Waals surface area contributed by atoms with Crippen molar-refractivity contribution in [3.8, 4) is 5.75 Å². The van der Waals surface area contributed by atoms with Gasteiger partial charge < -0.3 is 20.3 Å². The van der Waals surface area contributed by atoms with Gasteiger partial charge in [-0.1, -0.05) is 12.1 Å². The summed E-state index contributed by atoms with van der Waals surface area (Å²) in [7, 11) is 0. The fourth-order valence-electron chi connectivity index (χ4n) is 3.36. The lowest BCUT2D eigenvalue weighted by molar-refractivity contribution is -0.127. The Labute approximate surface area is 142 Å². The second-order valence-corrected chi connectivity index (χ2v) is 6.34. The fraction of sp³-hybridized carbons (Fsp3) is 0.556. The molecule has 1 aromatic rings. The summed E-state index contributed by atoms with van der Waals surface area (Å²) in [5.74, 6) is 0.370. The second-order valence-electron chi connectivity index (χ2n) is 6.34. The van der Waals surface area contributed by atoms with Crippen molar-refractivity contribution in [1.29, 1.82) is 0 Å². The third kappa shape index (κ3) is 3.70. The van der Waals surface area contributed by atoms with Crippen LogP contribution in [0.5, 0.6) is 5.75 Å². The van der Waals surface area contributed by atoms with Crippen LogP contribution in [0.15, 0.2) is 24.3 Å². The Morgan fingerprint density at radius 1 is 1.33 bits per heavy atom. The Bertz CT molecular complexity index is 599. The SMILES string of the molecule is CCOc1ccccc1N1CC(C(=O)NC2CCNCC2)CC1=O. The molecule has 0 radical (unpaired) electrons. The number of benzene rings is 1. The molecule has 0 spiro atoms. The third-order valence-corrected chi connectivity index (χ3v) is 4.64. The highest BCUT2D eigenvalue weighted by Crippen LogP contribution is 2.33. The first-order valence-electron chi connectivity index (χ1n) is 8.72. The number of nitrogens with one attached hydrogen (secondary N) is 2. The summed E-state index contributed by atoms with van der Waals surface area (Å²) in [5, 5.41) is 6.39. The number of carbonyl (C=O) groups excluding carboxylic acids is 2. The summed E-state index contributed by atoms with van der Waals surface area (Å²) < 4.78 is 5.61.